The molecule has 1 aromatic rings. The summed E-state index contributed by atoms with van der Waals surface area (Å²) in [4.78, 5) is 29.7. The summed E-state index contributed by atoms with van der Waals surface area (Å²) < 4.78 is 4.88. The van der Waals surface area contributed by atoms with E-state index in [1.165, 1.54) is 7.11 Å². The Morgan fingerprint density at radius 1 is 1.26 bits per heavy atom. The Morgan fingerprint density at radius 2 is 1.93 bits per heavy atom. The second-order valence-corrected chi connectivity index (χ2v) is 7.88. The van der Waals surface area contributed by atoms with Crippen LogP contribution in [0.1, 0.15) is 51.2 Å². The molecule has 0 bridgehead atoms. The van der Waals surface area contributed by atoms with E-state index in [9.17, 15) is 14.7 Å². The minimum Gasteiger partial charge on any atom is -0.511 e. The summed E-state index contributed by atoms with van der Waals surface area (Å²) in [6.07, 6.45) is 1.34. The van der Waals surface area contributed by atoms with Crippen molar-refractivity contribution >= 4 is 23.2 Å². The summed E-state index contributed by atoms with van der Waals surface area (Å²) in [6, 6.07) is 5.84. The van der Waals surface area contributed by atoms with Crippen molar-refractivity contribution in [1.29, 1.82) is 0 Å². The Kier molecular flexibility index (Phi) is 6.24. The number of Topliss-reactive ketones (excluding diaryl/α,β-unsaturated/α-hetero) is 1. The molecule has 1 N–H and O–H groups in total. The van der Waals surface area contributed by atoms with Crippen LogP contribution in [0.25, 0.3) is 0 Å². The third kappa shape index (κ3) is 4.29. The monoisotopic (exact) mass is 371 g/mol. The number of hydrogen-bond donors (Lipinski definition) is 1. The van der Waals surface area contributed by atoms with E-state index in [0.717, 1.165) is 16.8 Å². The number of aliphatic imine (C=N–C) groups is 1. The molecule has 0 radical (unpaired) electrons. The van der Waals surface area contributed by atoms with Crippen molar-refractivity contribution in [2.75, 3.05) is 7.11 Å². The van der Waals surface area contributed by atoms with Crippen LogP contribution in [0, 0.1) is 25.2 Å². The zero-order valence-electron chi connectivity index (χ0n) is 17.0. The van der Waals surface area contributed by atoms with Gasteiger partial charge in [0.15, 0.2) is 5.78 Å². The lowest BCUT2D eigenvalue weighted by molar-refractivity contribution is -0.149. The highest BCUT2D eigenvalue weighted by Gasteiger charge is 2.47. The number of carbonyl (C=O) groups is 2. The Labute approximate surface area is 161 Å². The number of ketones is 1. The fourth-order valence-corrected chi connectivity index (χ4v) is 3.54. The number of aryl methyl sites for hydroxylation is 2. The van der Waals surface area contributed by atoms with Gasteiger partial charge in [-0.25, -0.2) is 0 Å². The first kappa shape index (κ1) is 20.9. The van der Waals surface area contributed by atoms with E-state index >= 15 is 0 Å². The first-order chi connectivity index (χ1) is 12.6. The maximum Gasteiger partial charge on any atom is 0.316 e. The van der Waals surface area contributed by atoms with Gasteiger partial charge in [0, 0.05) is 6.42 Å². The Bertz CT molecular complexity index is 818. The molecule has 0 amide bonds. The van der Waals surface area contributed by atoms with Gasteiger partial charge in [0.25, 0.3) is 0 Å². The predicted molar refractivity (Wildman–Crippen MR) is 106 cm³/mol. The van der Waals surface area contributed by atoms with Crippen LogP contribution in [0.4, 0.5) is 5.69 Å². The SMILES string of the molecule is CCCC(=O)C1=C(O)[C@@H](C(=O)OC)C(C)(C)CC1=Nc1ccc(C)c(C)c1. The number of allylic oxidation sites excluding steroid dienone is 1. The molecule has 0 heterocycles. The minimum atomic E-state index is -0.878. The molecule has 0 aliphatic heterocycles. The van der Waals surface area contributed by atoms with Crippen LogP contribution in [-0.2, 0) is 14.3 Å². The third-order valence-electron chi connectivity index (χ3n) is 5.17. The molecule has 0 fully saturated rings. The van der Waals surface area contributed by atoms with Crippen molar-refractivity contribution in [2.24, 2.45) is 16.3 Å². The molecule has 1 aliphatic carbocycles. The van der Waals surface area contributed by atoms with Gasteiger partial charge in [-0.3, -0.25) is 14.6 Å². The van der Waals surface area contributed by atoms with Crippen molar-refractivity contribution in [3.63, 3.8) is 0 Å². The molecule has 2 rings (SSSR count). The zero-order valence-corrected chi connectivity index (χ0v) is 17.0. The van der Waals surface area contributed by atoms with E-state index in [2.05, 4.69) is 0 Å². The van der Waals surface area contributed by atoms with E-state index in [1.807, 2.05) is 52.8 Å². The van der Waals surface area contributed by atoms with Gasteiger partial charge >= 0.3 is 5.97 Å². The van der Waals surface area contributed by atoms with Crippen LogP contribution in [0.5, 0.6) is 0 Å². The molecule has 0 saturated heterocycles. The van der Waals surface area contributed by atoms with E-state index in [0.29, 0.717) is 25.0 Å². The topological polar surface area (TPSA) is 76.0 Å². The normalized spacial score (nSPS) is 20.7. The molecule has 27 heavy (non-hydrogen) atoms. The summed E-state index contributed by atoms with van der Waals surface area (Å²) in [5.41, 5.74) is 3.08. The number of ether oxygens (including phenoxy) is 1. The average molecular weight is 371 g/mol. The van der Waals surface area contributed by atoms with Gasteiger partial charge in [0.1, 0.15) is 11.7 Å². The van der Waals surface area contributed by atoms with E-state index in [4.69, 9.17) is 9.73 Å². The van der Waals surface area contributed by atoms with Crippen molar-refractivity contribution in [1.82, 2.24) is 0 Å². The van der Waals surface area contributed by atoms with Crippen LogP contribution < -0.4 is 0 Å². The molecule has 5 heteroatoms. The highest BCUT2D eigenvalue weighted by Crippen LogP contribution is 2.43. The number of benzene rings is 1. The number of methoxy groups -OCH3 is 1. The smallest absolute Gasteiger partial charge is 0.316 e. The fraction of sp³-hybridized carbons (Fsp3) is 0.500. The summed E-state index contributed by atoms with van der Waals surface area (Å²) in [6.45, 7) is 9.69. The van der Waals surface area contributed by atoms with Crippen LogP contribution in [-0.4, -0.2) is 29.7 Å². The molecule has 1 atom stereocenters. The number of aliphatic hydroxyl groups excluding tert-OH is 1. The Morgan fingerprint density at radius 3 is 2.48 bits per heavy atom. The lowest BCUT2D eigenvalue weighted by atomic mass is 9.67. The molecule has 0 unspecified atom stereocenters. The lowest BCUT2D eigenvalue weighted by Crippen LogP contribution is -2.41. The molecular formula is C22H29NO4. The van der Waals surface area contributed by atoms with Crippen LogP contribution in [0.15, 0.2) is 34.5 Å². The molecule has 146 valence electrons. The van der Waals surface area contributed by atoms with E-state index in [1.54, 1.807) is 0 Å². The van der Waals surface area contributed by atoms with Crippen LogP contribution in [0.2, 0.25) is 0 Å². The molecule has 0 saturated carbocycles. The Balaban J connectivity index is 2.65. The number of hydrogen-bond acceptors (Lipinski definition) is 5. The van der Waals surface area contributed by atoms with Crippen LogP contribution >= 0.6 is 0 Å². The van der Waals surface area contributed by atoms with E-state index < -0.39 is 17.3 Å². The van der Waals surface area contributed by atoms with Gasteiger partial charge in [-0.2, -0.15) is 0 Å². The quantitative estimate of drug-likeness (QED) is 0.756. The first-order valence-electron chi connectivity index (χ1n) is 9.31. The predicted octanol–water partition coefficient (Wildman–Crippen LogP) is 4.78. The maximum absolute atomic E-state index is 12.7. The van der Waals surface area contributed by atoms with Gasteiger partial charge in [0.05, 0.1) is 24.1 Å². The van der Waals surface area contributed by atoms with E-state index in [-0.39, 0.29) is 17.1 Å². The first-order valence-corrected chi connectivity index (χ1v) is 9.31. The van der Waals surface area contributed by atoms with Crippen molar-refractivity contribution < 1.29 is 19.4 Å². The van der Waals surface area contributed by atoms with Gasteiger partial charge in [-0.15, -0.1) is 0 Å². The second-order valence-electron chi connectivity index (χ2n) is 7.88. The lowest BCUT2D eigenvalue weighted by Gasteiger charge is -2.37. The summed E-state index contributed by atoms with van der Waals surface area (Å²) in [5.74, 6) is -1.83. The van der Waals surface area contributed by atoms with Gasteiger partial charge < -0.3 is 9.84 Å². The number of carbonyl (C=O) groups excluding carboxylic acids is 2. The molecule has 1 aliphatic rings. The largest absolute Gasteiger partial charge is 0.511 e. The van der Waals surface area contributed by atoms with Gasteiger partial charge in [-0.05, 0) is 55.4 Å². The number of aliphatic hydroxyl groups is 1. The van der Waals surface area contributed by atoms with Gasteiger partial charge in [0.2, 0.25) is 0 Å². The fourth-order valence-electron chi connectivity index (χ4n) is 3.54. The van der Waals surface area contributed by atoms with Crippen LogP contribution in [0.3, 0.4) is 0 Å². The van der Waals surface area contributed by atoms with Gasteiger partial charge in [-0.1, -0.05) is 26.8 Å². The highest BCUT2D eigenvalue weighted by molar-refractivity contribution is 6.24. The molecule has 5 nitrogen and oxygen atoms in total. The number of esters is 1. The van der Waals surface area contributed by atoms with Crippen molar-refractivity contribution in [3.8, 4) is 0 Å². The summed E-state index contributed by atoms with van der Waals surface area (Å²) in [7, 11) is 1.29. The maximum atomic E-state index is 12.7. The number of nitrogens with zero attached hydrogens (tertiary/aromatic N) is 1. The van der Waals surface area contributed by atoms with Crippen molar-refractivity contribution in [3.05, 3.63) is 40.7 Å². The van der Waals surface area contributed by atoms with Crippen molar-refractivity contribution in [2.45, 2.75) is 53.9 Å². The standard InChI is InChI=1S/C22H29NO4/c1-7-8-17(24)18-16(23-15-10-9-13(2)14(3)11-15)12-22(4,5)19(20(18)25)21(26)27-6/h9-11,19,25H,7-8,12H2,1-6H3/t19-/m0/s1. The zero-order chi connectivity index (χ0) is 20.4. The second kappa shape index (κ2) is 8.07. The molecule has 0 spiro atoms. The summed E-state index contributed by atoms with van der Waals surface area (Å²) in [5, 5.41) is 10.9. The molecule has 1 aromatic carbocycles. The third-order valence-corrected chi connectivity index (χ3v) is 5.17. The summed E-state index contributed by atoms with van der Waals surface area (Å²) >= 11 is 0. The average Bonchev–Trinajstić information content (AvgIpc) is 2.57. The Hall–Kier alpha value is -2.43. The number of rotatable bonds is 5. The molecular weight excluding hydrogens is 342 g/mol. The molecule has 0 aromatic heterocycles. The minimum absolute atomic E-state index is 0.171. The highest BCUT2D eigenvalue weighted by atomic mass is 16.5.